The zero-order valence-electron chi connectivity index (χ0n) is 8.27. The van der Waals surface area contributed by atoms with E-state index in [0.717, 1.165) is 0 Å². The van der Waals surface area contributed by atoms with Gasteiger partial charge in [0.25, 0.3) is 0 Å². The van der Waals surface area contributed by atoms with Crippen molar-refractivity contribution in [2.75, 3.05) is 0 Å². The summed E-state index contributed by atoms with van der Waals surface area (Å²) in [5.41, 5.74) is 0.644. The summed E-state index contributed by atoms with van der Waals surface area (Å²) in [6.07, 6.45) is 1.63. The molecule has 7 heteroatoms. The van der Waals surface area contributed by atoms with Gasteiger partial charge in [-0.25, -0.2) is 8.42 Å². The molecule has 1 aromatic heterocycles. The van der Waals surface area contributed by atoms with Gasteiger partial charge in [-0.1, -0.05) is 6.07 Å². The van der Waals surface area contributed by atoms with Crippen LogP contribution in [0.2, 0.25) is 0 Å². The molecule has 1 heterocycles. The summed E-state index contributed by atoms with van der Waals surface area (Å²) in [5.74, 6) is 0. The molecule has 0 radical (unpaired) electrons. The van der Waals surface area contributed by atoms with E-state index >= 15 is 0 Å². The molecular formula is C10H6Br3NO2S. The fraction of sp³-hybridized carbons (Fsp3) is 0.100. The molecule has 90 valence electrons. The third-order valence-electron chi connectivity index (χ3n) is 2.20. The molecule has 0 aliphatic rings. The van der Waals surface area contributed by atoms with E-state index in [1.807, 2.05) is 0 Å². The third kappa shape index (κ3) is 2.43. The van der Waals surface area contributed by atoms with Gasteiger partial charge in [-0.3, -0.25) is 4.98 Å². The van der Waals surface area contributed by atoms with Crippen molar-refractivity contribution in [3.05, 3.63) is 36.5 Å². The number of fused-ring (bicyclic) bond motifs is 1. The van der Waals surface area contributed by atoms with E-state index in [-0.39, 0.29) is 4.90 Å². The lowest BCUT2D eigenvalue weighted by Gasteiger charge is -2.14. The molecule has 0 atom stereocenters. The Bertz CT molecular complexity index is 659. The molecule has 0 N–H and O–H groups in total. The van der Waals surface area contributed by atoms with Crippen LogP contribution in [0.25, 0.3) is 10.9 Å². The van der Waals surface area contributed by atoms with Gasteiger partial charge in [-0.05, 0) is 72.1 Å². The van der Waals surface area contributed by atoms with Gasteiger partial charge in [0.15, 0.2) is 0 Å². The summed E-state index contributed by atoms with van der Waals surface area (Å²) >= 11 is 9.14. The topological polar surface area (TPSA) is 47.0 Å². The summed E-state index contributed by atoms with van der Waals surface area (Å²) in [5, 5.41) is 0.595. The Balaban J connectivity index is 2.82. The van der Waals surface area contributed by atoms with Crippen LogP contribution in [0.3, 0.4) is 0 Å². The second-order valence-corrected chi connectivity index (χ2v) is 13.7. The van der Waals surface area contributed by atoms with Crippen LogP contribution in [-0.2, 0) is 9.84 Å². The first kappa shape index (κ1) is 13.5. The summed E-state index contributed by atoms with van der Waals surface area (Å²) in [6.45, 7) is 0. The second-order valence-electron chi connectivity index (χ2n) is 3.28. The Morgan fingerprint density at radius 1 is 1.06 bits per heavy atom. The van der Waals surface area contributed by atoms with Gasteiger partial charge in [0, 0.05) is 11.6 Å². The molecule has 2 aromatic rings. The Morgan fingerprint density at radius 3 is 2.41 bits per heavy atom. The molecule has 1 aromatic carbocycles. The number of pyridine rings is 1. The average molecular weight is 444 g/mol. The van der Waals surface area contributed by atoms with Crippen LogP contribution < -0.4 is 0 Å². The first-order valence-corrected chi connectivity index (χ1v) is 8.35. The summed E-state index contributed by atoms with van der Waals surface area (Å²) in [7, 11) is -3.59. The van der Waals surface area contributed by atoms with E-state index in [0.29, 0.717) is 10.9 Å². The maximum absolute atomic E-state index is 12.3. The van der Waals surface area contributed by atoms with Gasteiger partial charge in [-0.2, -0.15) is 0 Å². The number of hydrogen-bond donors (Lipinski definition) is 0. The van der Waals surface area contributed by atoms with E-state index in [2.05, 4.69) is 52.8 Å². The minimum atomic E-state index is -3.59. The third-order valence-corrected chi connectivity index (χ3v) is 7.58. The smallest absolute Gasteiger partial charge is 0.239 e. The highest BCUT2D eigenvalue weighted by atomic mass is 80.0. The fourth-order valence-electron chi connectivity index (χ4n) is 1.43. The van der Waals surface area contributed by atoms with Crippen LogP contribution >= 0.6 is 47.8 Å². The Hall–Kier alpha value is 0.0200. The first-order chi connectivity index (χ1) is 7.84. The molecule has 0 amide bonds. The van der Waals surface area contributed by atoms with Crippen molar-refractivity contribution in [3.63, 3.8) is 0 Å². The molecule has 0 saturated heterocycles. The molecule has 0 bridgehead atoms. The van der Waals surface area contributed by atoms with E-state index in [1.54, 1.807) is 36.5 Å². The van der Waals surface area contributed by atoms with E-state index in [9.17, 15) is 8.42 Å². The average Bonchev–Trinajstić information content (AvgIpc) is 2.26. The molecule has 17 heavy (non-hydrogen) atoms. The quantitative estimate of drug-likeness (QED) is 0.630. The standard InChI is InChI=1S/C10H6Br3NO2S/c11-10(12,13)17(15,16)9-5-1-4-8-7(9)3-2-6-14-8/h1-6H. The summed E-state index contributed by atoms with van der Waals surface area (Å²) in [6, 6.07) is 8.43. The highest BCUT2D eigenvalue weighted by Crippen LogP contribution is 2.44. The predicted molar refractivity (Wildman–Crippen MR) is 78.4 cm³/mol. The minimum Gasteiger partial charge on any atom is -0.256 e. The number of rotatable bonds is 1. The number of hydrogen-bond acceptors (Lipinski definition) is 3. The molecular weight excluding hydrogens is 438 g/mol. The fourth-order valence-corrected chi connectivity index (χ4v) is 3.97. The first-order valence-electron chi connectivity index (χ1n) is 4.49. The van der Waals surface area contributed by atoms with Crippen LogP contribution in [-0.4, -0.2) is 14.9 Å². The Morgan fingerprint density at radius 2 is 1.76 bits per heavy atom. The predicted octanol–water partition coefficient (Wildman–Crippen LogP) is 3.80. The lowest BCUT2D eigenvalue weighted by atomic mass is 10.2. The number of alkyl halides is 3. The summed E-state index contributed by atoms with van der Waals surface area (Å²) in [4.78, 5) is 4.34. The number of benzene rings is 1. The van der Waals surface area contributed by atoms with Gasteiger partial charge in [0.2, 0.25) is 11.3 Å². The van der Waals surface area contributed by atoms with Crippen molar-refractivity contribution in [2.24, 2.45) is 0 Å². The largest absolute Gasteiger partial charge is 0.256 e. The molecule has 0 aliphatic carbocycles. The molecule has 0 unspecified atom stereocenters. The highest BCUT2D eigenvalue weighted by molar-refractivity contribution is 9.42. The lowest BCUT2D eigenvalue weighted by Crippen LogP contribution is -2.18. The van der Waals surface area contributed by atoms with Crippen molar-refractivity contribution in [1.29, 1.82) is 0 Å². The van der Waals surface area contributed by atoms with E-state index in [4.69, 9.17) is 0 Å². The molecule has 0 spiro atoms. The molecule has 0 fully saturated rings. The maximum atomic E-state index is 12.3. The SMILES string of the molecule is O=S(=O)(c1cccc2ncccc12)C(Br)(Br)Br. The normalized spacial score (nSPS) is 12.9. The number of nitrogens with zero attached hydrogens (tertiary/aromatic N) is 1. The molecule has 3 nitrogen and oxygen atoms in total. The number of aromatic nitrogens is 1. The minimum absolute atomic E-state index is 0.216. The monoisotopic (exact) mass is 441 g/mol. The Kier molecular flexibility index (Phi) is 3.64. The van der Waals surface area contributed by atoms with Crippen molar-refractivity contribution in [2.45, 2.75) is 6.37 Å². The van der Waals surface area contributed by atoms with Gasteiger partial charge in [0.1, 0.15) is 0 Å². The van der Waals surface area contributed by atoms with Gasteiger partial charge >= 0.3 is 0 Å². The van der Waals surface area contributed by atoms with E-state index in [1.165, 1.54) is 0 Å². The van der Waals surface area contributed by atoms with Gasteiger partial charge < -0.3 is 0 Å². The van der Waals surface area contributed by atoms with Crippen molar-refractivity contribution in [1.82, 2.24) is 4.98 Å². The molecule has 0 saturated carbocycles. The summed E-state index contributed by atoms with van der Waals surface area (Å²) < 4.78 is 23.2. The van der Waals surface area contributed by atoms with Crippen LogP contribution in [0, 0.1) is 0 Å². The van der Waals surface area contributed by atoms with Crippen molar-refractivity contribution >= 4 is 68.5 Å². The second kappa shape index (κ2) is 4.60. The zero-order valence-corrected chi connectivity index (χ0v) is 13.8. The lowest BCUT2D eigenvalue weighted by molar-refractivity contribution is 0.599. The Labute approximate surface area is 124 Å². The maximum Gasteiger partial charge on any atom is 0.239 e. The van der Waals surface area contributed by atoms with E-state index < -0.39 is 11.3 Å². The van der Waals surface area contributed by atoms with Crippen LogP contribution in [0.15, 0.2) is 41.4 Å². The number of halogens is 3. The van der Waals surface area contributed by atoms with Crippen LogP contribution in [0.5, 0.6) is 0 Å². The van der Waals surface area contributed by atoms with Gasteiger partial charge in [-0.15, -0.1) is 0 Å². The van der Waals surface area contributed by atoms with Crippen molar-refractivity contribution < 1.29 is 8.42 Å². The van der Waals surface area contributed by atoms with Crippen LogP contribution in [0.4, 0.5) is 0 Å². The number of sulfone groups is 1. The van der Waals surface area contributed by atoms with Crippen molar-refractivity contribution in [3.8, 4) is 0 Å². The zero-order chi connectivity index (χ0) is 12.7. The molecule has 2 rings (SSSR count). The van der Waals surface area contributed by atoms with Crippen LogP contribution in [0.1, 0.15) is 0 Å². The molecule has 0 aliphatic heterocycles. The van der Waals surface area contributed by atoms with Gasteiger partial charge in [0.05, 0.1) is 10.4 Å². The highest BCUT2D eigenvalue weighted by Gasteiger charge is 2.38.